The molecule has 1 atom stereocenters. The molecule has 0 saturated heterocycles. The highest BCUT2D eigenvalue weighted by atomic mass is 19.1. The Bertz CT molecular complexity index is 1140. The van der Waals surface area contributed by atoms with Crippen LogP contribution in [0.25, 0.3) is 11.4 Å². The molecule has 0 bridgehead atoms. The van der Waals surface area contributed by atoms with Crippen LogP contribution in [-0.4, -0.2) is 61.7 Å². The van der Waals surface area contributed by atoms with E-state index in [1.54, 1.807) is 0 Å². The lowest BCUT2D eigenvalue weighted by Gasteiger charge is -2.31. The number of hydrogen-bond donors (Lipinski definition) is 2. The van der Waals surface area contributed by atoms with Crippen LogP contribution in [0.4, 0.5) is 8.78 Å². The standard InChI is InChI=1S/C25H30F2N6O3/c1-17(2)12-13-28-25(36)23(18-4-8-20(26)9-5-18)32(14-3-15-34)22(35)16-33-30-24(29-31-33)19-6-10-21(27)11-7-19/h4-11,17,23,34H,3,12-16H2,1-2H3,(H,28,36). The Balaban J connectivity index is 1.85. The van der Waals surface area contributed by atoms with Gasteiger partial charge in [-0.25, -0.2) is 8.78 Å². The van der Waals surface area contributed by atoms with Gasteiger partial charge in [0.15, 0.2) is 0 Å². The molecule has 192 valence electrons. The van der Waals surface area contributed by atoms with Crippen molar-refractivity contribution in [1.82, 2.24) is 30.4 Å². The third-order valence-corrected chi connectivity index (χ3v) is 5.48. The first kappa shape index (κ1) is 26.9. The number of nitrogens with one attached hydrogen (secondary N) is 1. The van der Waals surface area contributed by atoms with Gasteiger partial charge in [-0.2, -0.15) is 4.80 Å². The molecule has 0 saturated carbocycles. The molecule has 0 aliphatic heterocycles. The van der Waals surface area contributed by atoms with Gasteiger partial charge >= 0.3 is 0 Å². The Labute approximate surface area is 208 Å². The summed E-state index contributed by atoms with van der Waals surface area (Å²) in [6.07, 6.45) is 0.982. The van der Waals surface area contributed by atoms with Crippen LogP contribution in [0.15, 0.2) is 48.5 Å². The van der Waals surface area contributed by atoms with Crippen molar-refractivity contribution < 1.29 is 23.5 Å². The normalized spacial score (nSPS) is 11.9. The Hall–Kier alpha value is -3.73. The molecule has 2 aromatic carbocycles. The van der Waals surface area contributed by atoms with Gasteiger partial charge in [-0.05, 0) is 65.9 Å². The topological polar surface area (TPSA) is 113 Å². The minimum Gasteiger partial charge on any atom is -0.396 e. The second kappa shape index (κ2) is 12.8. The van der Waals surface area contributed by atoms with Crippen LogP contribution in [-0.2, 0) is 16.1 Å². The largest absolute Gasteiger partial charge is 0.396 e. The zero-order chi connectivity index (χ0) is 26.1. The van der Waals surface area contributed by atoms with Crippen molar-refractivity contribution in [3.05, 3.63) is 65.7 Å². The van der Waals surface area contributed by atoms with Gasteiger partial charge in [0.25, 0.3) is 0 Å². The summed E-state index contributed by atoms with van der Waals surface area (Å²) in [4.78, 5) is 29.1. The van der Waals surface area contributed by atoms with E-state index >= 15 is 0 Å². The minimum absolute atomic E-state index is 0.0779. The number of nitrogens with zero attached hydrogens (tertiary/aromatic N) is 5. The Morgan fingerprint density at radius 3 is 2.31 bits per heavy atom. The van der Waals surface area contributed by atoms with E-state index in [4.69, 9.17) is 0 Å². The highest BCUT2D eigenvalue weighted by Crippen LogP contribution is 2.23. The number of tetrazole rings is 1. The minimum atomic E-state index is -1.04. The van der Waals surface area contributed by atoms with Gasteiger partial charge in [-0.15, -0.1) is 10.2 Å². The van der Waals surface area contributed by atoms with E-state index in [1.807, 2.05) is 13.8 Å². The molecule has 9 nitrogen and oxygen atoms in total. The maximum absolute atomic E-state index is 13.6. The smallest absolute Gasteiger partial charge is 0.247 e. The molecule has 2 amide bonds. The van der Waals surface area contributed by atoms with Gasteiger partial charge in [0.05, 0.1) is 0 Å². The van der Waals surface area contributed by atoms with Crippen LogP contribution >= 0.6 is 0 Å². The summed E-state index contributed by atoms with van der Waals surface area (Å²) in [6.45, 7) is 4.05. The summed E-state index contributed by atoms with van der Waals surface area (Å²) in [5.41, 5.74) is 0.962. The van der Waals surface area contributed by atoms with Crippen molar-refractivity contribution in [2.75, 3.05) is 19.7 Å². The van der Waals surface area contributed by atoms with Crippen molar-refractivity contribution in [3.63, 3.8) is 0 Å². The summed E-state index contributed by atoms with van der Waals surface area (Å²) in [6, 6.07) is 9.86. The molecule has 11 heteroatoms. The van der Waals surface area contributed by atoms with Gasteiger partial charge in [0, 0.05) is 25.3 Å². The highest BCUT2D eigenvalue weighted by molar-refractivity contribution is 5.88. The molecule has 3 rings (SSSR count). The maximum Gasteiger partial charge on any atom is 0.247 e. The van der Waals surface area contributed by atoms with E-state index in [0.717, 1.165) is 11.2 Å². The molecule has 1 unspecified atom stereocenters. The molecule has 36 heavy (non-hydrogen) atoms. The third-order valence-electron chi connectivity index (χ3n) is 5.48. The average molecular weight is 501 g/mol. The number of rotatable bonds is 12. The summed E-state index contributed by atoms with van der Waals surface area (Å²) in [5, 5.41) is 24.3. The van der Waals surface area contributed by atoms with Gasteiger partial charge < -0.3 is 15.3 Å². The molecule has 0 fully saturated rings. The van der Waals surface area contributed by atoms with Gasteiger partial charge in [0.2, 0.25) is 17.6 Å². The van der Waals surface area contributed by atoms with Gasteiger partial charge in [-0.3, -0.25) is 9.59 Å². The Morgan fingerprint density at radius 2 is 1.69 bits per heavy atom. The summed E-state index contributed by atoms with van der Waals surface area (Å²) < 4.78 is 26.8. The second-order valence-corrected chi connectivity index (χ2v) is 8.74. The van der Waals surface area contributed by atoms with Crippen LogP contribution < -0.4 is 5.32 Å². The summed E-state index contributed by atoms with van der Waals surface area (Å²) in [7, 11) is 0. The molecule has 1 aromatic heterocycles. The number of carbonyl (C=O) groups is 2. The van der Waals surface area contributed by atoms with Crippen molar-refractivity contribution in [2.24, 2.45) is 5.92 Å². The zero-order valence-corrected chi connectivity index (χ0v) is 20.3. The molecular weight excluding hydrogens is 470 g/mol. The maximum atomic E-state index is 13.6. The van der Waals surface area contributed by atoms with Crippen LogP contribution in [0.2, 0.25) is 0 Å². The van der Waals surface area contributed by atoms with E-state index in [1.165, 1.54) is 53.4 Å². The molecule has 0 aliphatic carbocycles. The van der Waals surface area contributed by atoms with E-state index in [0.29, 0.717) is 23.6 Å². The fraction of sp³-hybridized carbons (Fsp3) is 0.400. The lowest BCUT2D eigenvalue weighted by molar-refractivity contribution is -0.142. The molecule has 0 aliphatic rings. The molecule has 1 heterocycles. The van der Waals surface area contributed by atoms with Crippen LogP contribution in [0.5, 0.6) is 0 Å². The molecule has 0 radical (unpaired) electrons. The van der Waals surface area contributed by atoms with Gasteiger partial charge in [-0.1, -0.05) is 26.0 Å². The first-order valence-corrected chi connectivity index (χ1v) is 11.8. The van der Waals surface area contributed by atoms with Crippen LogP contribution in [0.1, 0.15) is 38.3 Å². The number of aromatic nitrogens is 4. The second-order valence-electron chi connectivity index (χ2n) is 8.74. The van der Waals surface area contributed by atoms with Crippen molar-refractivity contribution in [3.8, 4) is 11.4 Å². The van der Waals surface area contributed by atoms with E-state index in [2.05, 4.69) is 20.7 Å². The van der Waals surface area contributed by atoms with Crippen molar-refractivity contribution >= 4 is 11.8 Å². The molecule has 2 N–H and O–H groups in total. The molecular formula is C25H30F2N6O3. The zero-order valence-electron chi connectivity index (χ0n) is 20.3. The summed E-state index contributed by atoms with van der Waals surface area (Å²) in [5.74, 6) is -1.18. The Kier molecular flexibility index (Phi) is 9.57. The van der Waals surface area contributed by atoms with Gasteiger partial charge in [0.1, 0.15) is 24.2 Å². The lowest BCUT2D eigenvalue weighted by Crippen LogP contribution is -2.46. The Morgan fingerprint density at radius 1 is 1.06 bits per heavy atom. The first-order chi connectivity index (χ1) is 17.3. The predicted octanol–water partition coefficient (Wildman–Crippen LogP) is 2.73. The average Bonchev–Trinajstić information content (AvgIpc) is 3.31. The number of carbonyl (C=O) groups excluding carboxylic acids is 2. The van der Waals surface area contributed by atoms with E-state index < -0.39 is 29.5 Å². The number of hydrogen-bond acceptors (Lipinski definition) is 6. The fourth-order valence-corrected chi connectivity index (χ4v) is 3.57. The third kappa shape index (κ3) is 7.38. The SMILES string of the molecule is CC(C)CCNC(=O)C(c1ccc(F)cc1)N(CCCO)C(=O)Cn1nnc(-c2ccc(F)cc2)n1. The number of aliphatic hydroxyl groups is 1. The van der Waals surface area contributed by atoms with Crippen LogP contribution in [0.3, 0.4) is 0 Å². The summed E-state index contributed by atoms with van der Waals surface area (Å²) >= 11 is 0. The lowest BCUT2D eigenvalue weighted by atomic mass is 10.0. The quantitative estimate of drug-likeness (QED) is 0.395. The monoisotopic (exact) mass is 500 g/mol. The number of halogens is 2. The highest BCUT2D eigenvalue weighted by Gasteiger charge is 2.31. The first-order valence-electron chi connectivity index (χ1n) is 11.8. The fourth-order valence-electron chi connectivity index (χ4n) is 3.57. The molecule has 3 aromatic rings. The predicted molar refractivity (Wildman–Crippen MR) is 128 cm³/mol. The number of amides is 2. The van der Waals surface area contributed by atoms with Crippen molar-refractivity contribution in [2.45, 2.75) is 39.3 Å². The van der Waals surface area contributed by atoms with E-state index in [9.17, 15) is 23.5 Å². The number of benzene rings is 2. The van der Waals surface area contributed by atoms with Crippen LogP contribution in [0, 0.1) is 17.6 Å². The number of aliphatic hydroxyl groups excluding tert-OH is 1. The molecule has 0 spiro atoms. The van der Waals surface area contributed by atoms with E-state index in [-0.39, 0.29) is 31.9 Å². The van der Waals surface area contributed by atoms with Crippen molar-refractivity contribution in [1.29, 1.82) is 0 Å².